The zero-order chi connectivity index (χ0) is 21.7. The molecule has 1 aliphatic heterocycles. The lowest BCUT2D eigenvalue weighted by molar-refractivity contribution is -0.133. The van der Waals surface area contributed by atoms with Gasteiger partial charge in [0.2, 0.25) is 10.0 Å². The molecule has 1 aliphatic rings. The molecule has 1 saturated heterocycles. The molecule has 1 aromatic carbocycles. The van der Waals surface area contributed by atoms with Crippen LogP contribution in [0.15, 0.2) is 29.2 Å². The van der Waals surface area contributed by atoms with Gasteiger partial charge < -0.3 is 14.4 Å². The summed E-state index contributed by atoms with van der Waals surface area (Å²) in [7, 11) is -3.66. The highest BCUT2D eigenvalue weighted by Crippen LogP contribution is 2.23. The summed E-state index contributed by atoms with van der Waals surface area (Å²) in [6, 6.07) is 7.09. The summed E-state index contributed by atoms with van der Waals surface area (Å²) >= 11 is 0. The average Bonchev–Trinajstić information content (AvgIpc) is 2.92. The van der Waals surface area contributed by atoms with Crippen molar-refractivity contribution in [3.8, 4) is 11.5 Å². The third kappa shape index (κ3) is 4.93. The number of benzene rings is 1. The highest BCUT2D eigenvalue weighted by atomic mass is 32.2. The Balaban J connectivity index is 1.57. The molecule has 0 bridgehead atoms. The molecule has 9 nitrogen and oxygen atoms in total. The minimum absolute atomic E-state index is 0.0965. The van der Waals surface area contributed by atoms with Gasteiger partial charge in [-0.1, -0.05) is 0 Å². The van der Waals surface area contributed by atoms with Crippen LogP contribution >= 0.6 is 0 Å². The van der Waals surface area contributed by atoms with Gasteiger partial charge in [0, 0.05) is 26.2 Å². The predicted octanol–water partition coefficient (Wildman–Crippen LogP) is 1.73. The summed E-state index contributed by atoms with van der Waals surface area (Å²) in [6.45, 7) is 7.16. The van der Waals surface area contributed by atoms with E-state index in [1.165, 1.54) is 4.31 Å². The second-order valence-electron chi connectivity index (χ2n) is 7.09. The van der Waals surface area contributed by atoms with Gasteiger partial charge in [0.25, 0.3) is 5.91 Å². The van der Waals surface area contributed by atoms with Gasteiger partial charge in [-0.05, 0) is 51.5 Å². The van der Waals surface area contributed by atoms with Gasteiger partial charge in [-0.25, -0.2) is 8.42 Å². The standard InChI is InChI=1S/C20H28N4O5S/c1-4-28-17-6-8-18(9-7-17)29-14-19(25)23-10-5-11-24(13-12-23)30(26,27)20-15(2)21-22-16(20)3/h6-9H,4-5,10-14H2,1-3H3,(H,21,22). The molecule has 0 aliphatic carbocycles. The summed E-state index contributed by atoms with van der Waals surface area (Å²) in [6.07, 6.45) is 0.559. The van der Waals surface area contributed by atoms with Gasteiger partial charge in [0.15, 0.2) is 6.61 Å². The summed E-state index contributed by atoms with van der Waals surface area (Å²) in [5, 5.41) is 6.72. The van der Waals surface area contributed by atoms with Crippen LogP contribution in [0.1, 0.15) is 24.7 Å². The van der Waals surface area contributed by atoms with E-state index in [2.05, 4.69) is 10.2 Å². The number of nitrogens with zero attached hydrogens (tertiary/aromatic N) is 3. The fourth-order valence-corrected chi connectivity index (χ4v) is 5.27. The fraction of sp³-hybridized carbons (Fsp3) is 0.500. The molecule has 0 radical (unpaired) electrons. The van der Waals surface area contributed by atoms with Crippen LogP contribution in [0.25, 0.3) is 0 Å². The highest BCUT2D eigenvalue weighted by molar-refractivity contribution is 7.89. The van der Waals surface area contributed by atoms with Crippen molar-refractivity contribution in [1.82, 2.24) is 19.4 Å². The van der Waals surface area contributed by atoms with Crippen LogP contribution in [0.3, 0.4) is 0 Å². The van der Waals surface area contributed by atoms with Crippen molar-refractivity contribution in [2.45, 2.75) is 32.1 Å². The number of rotatable bonds is 7. The van der Waals surface area contributed by atoms with Crippen LogP contribution in [0.5, 0.6) is 11.5 Å². The molecule has 2 heterocycles. The molecular formula is C20H28N4O5S. The summed E-state index contributed by atoms with van der Waals surface area (Å²) in [5.41, 5.74) is 0.974. The lowest BCUT2D eigenvalue weighted by atomic mass is 10.3. The van der Waals surface area contributed by atoms with Gasteiger partial charge in [-0.3, -0.25) is 9.89 Å². The predicted molar refractivity (Wildman–Crippen MR) is 111 cm³/mol. The van der Waals surface area contributed by atoms with E-state index in [0.29, 0.717) is 49.8 Å². The zero-order valence-corrected chi connectivity index (χ0v) is 18.4. The number of aromatic nitrogens is 2. The third-order valence-electron chi connectivity index (χ3n) is 4.96. The number of carbonyl (C=O) groups excluding carboxylic acids is 1. The van der Waals surface area contributed by atoms with E-state index >= 15 is 0 Å². The number of hydrogen-bond acceptors (Lipinski definition) is 6. The third-order valence-corrected chi connectivity index (χ3v) is 7.13. The molecule has 0 spiro atoms. The summed E-state index contributed by atoms with van der Waals surface area (Å²) in [4.78, 5) is 14.5. The molecule has 0 atom stereocenters. The Morgan fingerprint density at radius 1 is 1.07 bits per heavy atom. The van der Waals surface area contributed by atoms with Gasteiger partial charge in [0.1, 0.15) is 16.4 Å². The minimum Gasteiger partial charge on any atom is -0.494 e. The van der Waals surface area contributed by atoms with Gasteiger partial charge in [0.05, 0.1) is 18.0 Å². The van der Waals surface area contributed by atoms with Crippen molar-refractivity contribution in [2.75, 3.05) is 39.4 Å². The number of sulfonamides is 1. The first kappa shape index (κ1) is 22.1. The number of H-pyrrole nitrogens is 1. The SMILES string of the molecule is CCOc1ccc(OCC(=O)N2CCCN(S(=O)(=O)c3c(C)n[nH]c3C)CC2)cc1. The first-order chi connectivity index (χ1) is 14.3. The van der Waals surface area contributed by atoms with E-state index in [9.17, 15) is 13.2 Å². The minimum atomic E-state index is -3.66. The number of amides is 1. The average molecular weight is 437 g/mol. The molecule has 2 aromatic rings. The molecule has 1 amide bonds. The lowest BCUT2D eigenvalue weighted by Gasteiger charge is -2.22. The maximum absolute atomic E-state index is 13.0. The van der Waals surface area contributed by atoms with Crippen LogP contribution in [-0.4, -0.2) is 73.1 Å². The van der Waals surface area contributed by atoms with E-state index in [1.807, 2.05) is 6.92 Å². The Morgan fingerprint density at radius 2 is 1.73 bits per heavy atom. The first-order valence-electron chi connectivity index (χ1n) is 9.98. The Morgan fingerprint density at radius 3 is 2.33 bits per heavy atom. The van der Waals surface area contributed by atoms with Crippen LogP contribution in [-0.2, 0) is 14.8 Å². The summed E-state index contributed by atoms with van der Waals surface area (Å²) in [5.74, 6) is 1.16. The van der Waals surface area contributed by atoms with E-state index in [0.717, 1.165) is 5.75 Å². The van der Waals surface area contributed by atoms with E-state index in [1.54, 1.807) is 43.0 Å². The Hall–Kier alpha value is -2.59. The topological polar surface area (TPSA) is 105 Å². The first-order valence-corrected chi connectivity index (χ1v) is 11.4. The fourth-order valence-electron chi connectivity index (χ4n) is 3.47. The normalized spacial score (nSPS) is 15.6. The number of aryl methyl sites for hydroxylation is 2. The molecule has 1 aromatic heterocycles. The van der Waals surface area contributed by atoms with Crippen molar-refractivity contribution < 1.29 is 22.7 Å². The van der Waals surface area contributed by atoms with Crippen molar-refractivity contribution in [3.05, 3.63) is 35.7 Å². The molecule has 0 saturated carbocycles. The molecule has 164 valence electrons. The quantitative estimate of drug-likeness (QED) is 0.709. The number of nitrogens with one attached hydrogen (secondary N) is 1. The Bertz CT molecular complexity index is 952. The number of carbonyl (C=O) groups is 1. The van der Waals surface area contributed by atoms with E-state index in [-0.39, 0.29) is 24.0 Å². The second-order valence-corrected chi connectivity index (χ2v) is 8.97. The number of aromatic amines is 1. The molecule has 1 fully saturated rings. The largest absolute Gasteiger partial charge is 0.494 e. The van der Waals surface area contributed by atoms with E-state index < -0.39 is 10.0 Å². The molecule has 10 heteroatoms. The van der Waals surface area contributed by atoms with Gasteiger partial charge >= 0.3 is 0 Å². The van der Waals surface area contributed by atoms with Gasteiger partial charge in [-0.2, -0.15) is 9.40 Å². The molecule has 1 N–H and O–H groups in total. The Labute approximate surface area is 177 Å². The van der Waals surface area contributed by atoms with Crippen LogP contribution in [0.4, 0.5) is 0 Å². The smallest absolute Gasteiger partial charge is 0.260 e. The van der Waals surface area contributed by atoms with Crippen LogP contribution in [0.2, 0.25) is 0 Å². The highest BCUT2D eigenvalue weighted by Gasteiger charge is 2.31. The van der Waals surface area contributed by atoms with Crippen molar-refractivity contribution in [1.29, 1.82) is 0 Å². The maximum Gasteiger partial charge on any atom is 0.260 e. The molecule has 0 unspecified atom stereocenters. The number of hydrogen-bond donors (Lipinski definition) is 1. The van der Waals surface area contributed by atoms with Crippen LogP contribution in [0, 0.1) is 13.8 Å². The van der Waals surface area contributed by atoms with Crippen LogP contribution < -0.4 is 9.47 Å². The zero-order valence-electron chi connectivity index (χ0n) is 17.6. The number of ether oxygens (including phenoxy) is 2. The molecule has 30 heavy (non-hydrogen) atoms. The molecule has 3 rings (SSSR count). The lowest BCUT2D eigenvalue weighted by Crippen LogP contribution is -2.39. The van der Waals surface area contributed by atoms with Crippen molar-refractivity contribution >= 4 is 15.9 Å². The van der Waals surface area contributed by atoms with Gasteiger partial charge in [-0.15, -0.1) is 0 Å². The monoisotopic (exact) mass is 436 g/mol. The molecular weight excluding hydrogens is 408 g/mol. The maximum atomic E-state index is 13.0. The van der Waals surface area contributed by atoms with Crippen molar-refractivity contribution in [2.24, 2.45) is 0 Å². The van der Waals surface area contributed by atoms with E-state index in [4.69, 9.17) is 9.47 Å². The van der Waals surface area contributed by atoms with Crippen molar-refractivity contribution in [3.63, 3.8) is 0 Å². The second kappa shape index (κ2) is 9.48. The summed E-state index contributed by atoms with van der Waals surface area (Å²) < 4.78 is 38.5. The Kier molecular flexibility index (Phi) is 6.99.